The Kier molecular flexibility index (Phi) is 8.17. The summed E-state index contributed by atoms with van der Waals surface area (Å²) in [5, 5.41) is 6.97. The second-order valence-corrected chi connectivity index (χ2v) is 15.7. The molecule has 0 amide bonds. The maximum absolute atomic E-state index is 6.42. The van der Waals surface area contributed by atoms with Gasteiger partial charge in [0.15, 0.2) is 0 Å². The van der Waals surface area contributed by atoms with Gasteiger partial charge >= 0.3 is 0 Å². The summed E-state index contributed by atoms with van der Waals surface area (Å²) in [6.07, 6.45) is 0. The number of fused-ring (bicyclic) bond motifs is 7. The van der Waals surface area contributed by atoms with Crippen molar-refractivity contribution in [3.63, 3.8) is 0 Å². The van der Waals surface area contributed by atoms with Crippen molar-refractivity contribution in [1.29, 1.82) is 0 Å². The van der Waals surface area contributed by atoms with Gasteiger partial charge in [-0.25, -0.2) is 0 Å². The summed E-state index contributed by atoms with van der Waals surface area (Å²) in [4.78, 5) is 2.30. The van der Waals surface area contributed by atoms with Crippen LogP contribution in [0.25, 0.3) is 99.2 Å². The molecule has 0 saturated heterocycles. The van der Waals surface area contributed by atoms with Crippen molar-refractivity contribution >= 4 is 71.7 Å². The number of nitrogens with zero attached hydrogens (tertiary/aromatic N) is 1. The van der Waals surface area contributed by atoms with Gasteiger partial charge in [-0.1, -0.05) is 152 Å². The summed E-state index contributed by atoms with van der Waals surface area (Å²) >= 11 is 0. The normalized spacial score (nSPS) is 11.6. The summed E-state index contributed by atoms with van der Waals surface area (Å²) in [6, 6.07) is 80.0. The van der Waals surface area contributed by atoms with Gasteiger partial charge in [0.05, 0.1) is 0 Å². The van der Waals surface area contributed by atoms with Crippen LogP contribution >= 0.6 is 0 Å². The van der Waals surface area contributed by atoms with E-state index in [0.717, 1.165) is 77.6 Å². The maximum atomic E-state index is 6.42. The molecule has 0 aliphatic heterocycles. The summed E-state index contributed by atoms with van der Waals surface area (Å²) in [5.74, 6) is 0. The standard InChI is InChI=1S/C58H37NO2/c1-2-11-41-35-46(23-22-38(41)10-1)45-15-8-14-44(36-45)43-13-7-12-42(34-43)39-24-28-47(29-25-39)59(49-32-33-53-51-16-3-5-20-55(51)60-57(53)37-49)48-30-26-40(27-31-48)50-18-9-19-54-52-17-4-6-21-56(52)61-58(50)54/h1-37H. The van der Waals surface area contributed by atoms with Gasteiger partial charge < -0.3 is 13.7 Å². The summed E-state index contributed by atoms with van der Waals surface area (Å²) in [6.45, 7) is 0. The highest BCUT2D eigenvalue weighted by Gasteiger charge is 2.18. The first-order chi connectivity index (χ1) is 30.2. The van der Waals surface area contributed by atoms with Crippen molar-refractivity contribution in [3.8, 4) is 44.5 Å². The number of rotatable bonds is 7. The first-order valence-corrected chi connectivity index (χ1v) is 20.7. The summed E-state index contributed by atoms with van der Waals surface area (Å²) < 4.78 is 12.8. The molecule has 10 aromatic carbocycles. The number of furan rings is 2. The monoisotopic (exact) mass is 779 g/mol. The van der Waals surface area contributed by atoms with Gasteiger partial charge in [0.2, 0.25) is 0 Å². The minimum atomic E-state index is 0.856. The minimum absolute atomic E-state index is 0.856. The Morgan fingerprint density at radius 3 is 1.46 bits per heavy atom. The minimum Gasteiger partial charge on any atom is -0.456 e. The molecule has 0 unspecified atom stereocenters. The Morgan fingerprint density at radius 1 is 0.262 bits per heavy atom. The first-order valence-electron chi connectivity index (χ1n) is 20.7. The molecule has 0 aliphatic carbocycles. The van der Waals surface area contributed by atoms with Crippen LogP contribution in [0.4, 0.5) is 17.1 Å². The molecular formula is C58H37NO2. The fourth-order valence-corrected chi connectivity index (χ4v) is 8.99. The number of benzene rings is 10. The molecule has 3 heteroatoms. The van der Waals surface area contributed by atoms with Crippen molar-refractivity contribution in [2.45, 2.75) is 0 Å². The molecule has 0 saturated carbocycles. The molecule has 0 bridgehead atoms. The molecule has 0 spiro atoms. The molecule has 0 fully saturated rings. The number of hydrogen-bond donors (Lipinski definition) is 0. The smallest absolute Gasteiger partial charge is 0.143 e. The van der Waals surface area contributed by atoms with E-state index >= 15 is 0 Å². The van der Waals surface area contributed by atoms with Crippen LogP contribution in [-0.2, 0) is 0 Å². The fraction of sp³-hybridized carbons (Fsp3) is 0. The van der Waals surface area contributed by atoms with Gasteiger partial charge in [0, 0.05) is 50.2 Å². The Morgan fingerprint density at radius 2 is 0.754 bits per heavy atom. The van der Waals surface area contributed by atoms with Crippen LogP contribution in [-0.4, -0.2) is 0 Å². The van der Waals surface area contributed by atoms with E-state index in [1.54, 1.807) is 0 Å². The van der Waals surface area contributed by atoms with Crippen molar-refractivity contribution in [2.75, 3.05) is 4.90 Å². The van der Waals surface area contributed by atoms with Crippen molar-refractivity contribution in [3.05, 3.63) is 224 Å². The van der Waals surface area contributed by atoms with E-state index in [1.807, 2.05) is 24.3 Å². The molecule has 3 nitrogen and oxygen atoms in total. The van der Waals surface area contributed by atoms with Crippen molar-refractivity contribution < 1.29 is 8.83 Å². The molecule has 286 valence electrons. The van der Waals surface area contributed by atoms with E-state index < -0.39 is 0 Å². The summed E-state index contributed by atoms with van der Waals surface area (Å²) in [5.41, 5.74) is 15.9. The lowest BCUT2D eigenvalue weighted by atomic mass is 9.95. The molecule has 0 aliphatic rings. The summed E-state index contributed by atoms with van der Waals surface area (Å²) in [7, 11) is 0. The molecular weight excluding hydrogens is 743 g/mol. The first kappa shape index (κ1) is 34.9. The largest absolute Gasteiger partial charge is 0.456 e. The second-order valence-electron chi connectivity index (χ2n) is 15.7. The van der Waals surface area contributed by atoms with E-state index in [2.05, 4.69) is 205 Å². The predicted octanol–water partition coefficient (Wildman–Crippen LogP) is 16.8. The van der Waals surface area contributed by atoms with Crippen LogP contribution in [0.2, 0.25) is 0 Å². The maximum Gasteiger partial charge on any atom is 0.143 e. The molecule has 61 heavy (non-hydrogen) atoms. The van der Waals surface area contributed by atoms with E-state index in [-0.39, 0.29) is 0 Å². The highest BCUT2D eigenvalue weighted by molar-refractivity contribution is 6.10. The zero-order chi connectivity index (χ0) is 40.3. The van der Waals surface area contributed by atoms with Gasteiger partial charge in [-0.05, 0) is 116 Å². The van der Waals surface area contributed by atoms with Gasteiger partial charge in [0.1, 0.15) is 22.3 Å². The number of anilines is 3. The highest BCUT2D eigenvalue weighted by Crippen LogP contribution is 2.42. The quantitative estimate of drug-likeness (QED) is 0.161. The van der Waals surface area contributed by atoms with Crippen molar-refractivity contribution in [2.24, 2.45) is 0 Å². The van der Waals surface area contributed by atoms with Crippen molar-refractivity contribution in [1.82, 2.24) is 0 Å². The van der Waals surface area contributed by atoms with Crippen LogP contribution in [0.5, 0.6) is 0 Å². The number of hydrogen-bond acceptors (Lipinski definition) is 3. The molecule has 0 atom stereocenters. The van der Waals surface area contributed by atoms with Crippen LogP contribution in [0.15, 0.2) is 233 Å². The number of para-hydroxylation sites is 3. The third-order valence-electron chi connectivity index (χ3n) is 12.1. The Labute approximate surface area is 353 Å². The lowest BCUT2D eigenvalue weighted by Crippen LogP contribution is -2.09. The molecule has 0 radical (unpaired) electrons. The van der Waals surface area contributed by atoms with E-state index in [4.69, 9.17) is 8.83 Å². The fourth-order valence-electron chi connectivity index (χ4n) is 8.99. The Bertz CT molecular complexity index is 3590. The van der Waals surface area contributed by atoms with Gasteiger partial charge in [0.25, 0.3) is 0 Å². The van der Waals surface area contributed by atoms with Crippen LogP contribution in [0.3, 0.4) is 0 Å². The van der Waals surface area contributed by atoms with Crippen LogP contribution in [0.1, 0.15) is 0 Å². The molecule has 0 N–H and O–H groups in total. The second kappa shape index (κ2) is 14.3. The van der Waals surface area contributed by atoms with Crippen LogP contribution < -0.4 is 4.90 Å². The molecule has 12 rings (SSSR count). The topological polar surface area (TPSA) is 29.5 Å². The zero-order valence-corrected chi connectivity index (χ0v) is 33.1. The average molecular weight is 780 g/mol. The predicted molar refractivity (Wildman–Crippen MR) is 255 cm³/mol. The van der Waals surface area contributed by atoms with Gasteiger partial charge in [-0.15, -0.1) is 0 Å². The third kappa shape index (κ3) is 6.14. The van der Waals surface area contributed by atoms with E-state index in [1.165, 1.54) is 38.6 Å². The third-order valence-corrected chi connectivity index (χ3v) is 12.1. The molecule has 2 aromatic heterocycles. The van der Waals surface area contributed by atoms with E-state index in [9.17, 15) is 0 Å². The Hall–Kier alpha value is -8.14. The molecule has 12 aromatic rings. The van der Waals surface area contributed by atoms with E-state index in [0.29, 0.717) is 0 Å². The van der Waals surface area contributed by atoms with Crippen LogP contribution in [0, 0.1) is 0 Å². The Balaban J connectivity index is 0.904. The lowest BCUT2D eigenvalue weighted by Gasteiger charge is -2.26. The van der Waals surface area contributed by atoms with Gasteiger partial charge in [-0.2, -0.15) is 0 Å². The zero-order valence-electron chi connectivity index (χ0n) is 33.1. The lowest BCUT2D eigenvalue weighted by molar-refractivity contribution is 0.669. The SMILES string of the molecule is c1cc(-c2ccc(N(c3ccc(-c4cccc5c4oc4ccccc45)cc3)c3ccc4c(c3)oc3ccccc34)cc2)cc(-c2cccc(-c3ccc4ccccc4c3)c2)c1. The van der Waals surface area contributed by atoms with Gasteiger partial charge in [-0.3, -0.25) is 0 Å². The highest BCUT2D eigenvalue weighted by atomic mass is 16.3. The molecule has 2 heterocycles. The average Bonchev–Trinajstić information content (AvgIpc) is 3.90.